The maximum Gasteiger partial charge on any atom is 0.328 e. The zero-order valence-electron chi connectivity index (χ0n) is 11.2. The molecule has 1 rings (SSSR count). The average molecular weight is 286 g/mol. The van der Waals surface area contributed by atoms with Gasteiger partial charge in [0.15, 0.2) is 5.16 Å². The molecule has 0 saturated heterocycles. The van der Waals surface area contributed by atoms with E-state index in [4.69, 9.17) is 4.74 Å². The standard InChI is InChI=1S/C11H18N4O3S/c1-4-7(2)9(10(17)18-3)14-8(16)5-19-11-12-6-13-15-11/h6-7,9H,4-5H2,1-3H3,(H,14,16)(H,12,13,15)/t7-,9+/m1/s1. The Morgan fingerprint density at radius 1 is 1.58 bits per heavy atom. The molecule has 2 atom stereocenters. The van der Waals surface area contributed by atoms with Crippen molar-refractivity contribution in [1.29, 1.82) is 0 Å². The zero-order valence-corrected chi connectivity index (χ0v) is 12.0. The lowest BCUT2D eigenvalue weighted by molar-refractivity contribution is -0.146. The predicted octanol–water partition coefficient (Wildman–Crippen LogP) is 0.601. The number of ether oxygens (including phenoxy) is 1. The van der Waals surface area contributed by atoms with Crippen molar-refractivity contribution in [2.75, 3.05) is 12.9 Å². The molecule has 0 fully saturated rings. The summed E-state index contributed by atoms with van der Waals surface area (Å²) in [5.74, 6) is -0.477. The largest absolute Gasteiger partial charge is 0.467 e. The lowest BCUT2D eigenvalue weighted by Gasteiger charge is -2.21. The summed E-state index contributed by atoms with van der Waals surface area (Å²) in [5, 5.41) is 9.57. The van der Waals surface area contributed by atoms with Crippen molar-refractivity contribution in [3.63, 3.8) is 0 Å². The van der Waals surface area contributed by atoms with Gasteiger partial charge in [-0.2, -0.15) is 5.10 Å². The highest BCUT2D eigenvalue weighted by Gasteiger charge is 2.26. The van der Waals surface area contributed by atoms with E-state index in [2.05, 4.69) is 20.5 Å². The summed E-state index contributed by atoms with van der Waals surface area (Å²) in [7, 11) is 1.31. The Balaban J connectivity index is 2.48. The monoisotopic (exact) mass is 286 g/mol. The fourth-order valence-corrected chi connectivity index (χ4v) is 2.00. The van der Waals surface area contributed by atoms with E-state index in [0.29, 0.717) is 5.16 Å². The molecular formula is C11H18N4O3S. The van der Waals surface area contributed by atoms with Crippen LogP contribution in [0.4, 0.5) is 0 Å². The minimum Gasteiger partial charge on any atom is -0.467 e. The van der Waals surface area contributed by atoms with Crippen LogP contribution in [0, 0.1) is 5.92 Å². The highest BCUT2D eigenvalue weighted by molar-refractivity contribution is 7.99. The molecule has 0 aromatic carbocycles. The number of methoxy groups -OCH3 is 1. The number of hydrogen-bond donors (Lipinski definition) is 2. The van der Waals surface area contributed by atoms with Gasteiger partial charge in [0.05, 0.1) is 12.9 Å². The Morgan fingerprint density at radius 2 is 2.32 bits per heavy atom. The third-order valence-corrected chi connectivity index (χ3v) is 3.59. The van der Waals surface area contributed by atoms with Gasteiger partial charge >= 0.3 is 5.97 Å². The van der Waals surface area contributed by atoms with Gasteiger partial charge in [0.2, 0.25) is 5.91 Å². The van der Waals surface area contributed by atoms with Gasteiger partial charge in [0, 0.05) is 0 Å². The van der Waals surface area contributed by atoms with Gasteiger partial charge in [0.25, 0.3) is 0 Å². The Bertz CT molecular complexity index is 410. The van der Waals surface area contributed by atoms with Gasteiger partial charge in [0.1, 0.15) is 12.4 Å². The molecule has 0 aliphatic carbocycles. The lowest BCUT2D eigenvalue weighted by atomic mass is 9.99. The third kappa shape index (κ3) is 4.90. The molecule has 2 N–H and O–H groups in total. The van der Waals surface area contributed by atoms with Crippen LogP contribution < -0.4 is 5.32 Å². The Morgan fingerprint density at radius 3 is 2.84 bits per heavy atom. The first-order chi connectivity index (χ1) is 9.08. The zero-order chi connectivity index (χ0) is 14.3. The number of amides is 1. The van der Waals surface area contributed by atoms with Crippen LogP contribution in [0.5, 0.6) is 0 Å². The topological polar surface area (TPSA) is 97.0 Å². The molecule has 19 heavy (non-hydrogen) atoms. The number of aromatic nitrogens is 3. The average Bonchev–Trinajstić information content (AvgIpc) is 2.94. The molecule has 0 radical (unpaired) electrons. The SMILES string of the molecule is CC[C@@H](C)[C@H](NC(=O)CSc1ncn[nH]1)C(=O)OC. The number of thioether (sulfide) groups is 1. The summed E-state index contributed by atoms with van der Waals surface area (Å²) in [6.45, 7) is 3.85. The second-order valence-electron chi connectivity index (χ2n) is 4.03. The van der Waals surface area contributed by atoms with Crippen LogP contribution in [0.2, 0.25) is 0 Å². The van der Waals surface area contributed by atoms with Crippen LogP contribution in [0.1, 0.15) is 20.3 Å². The van der Waals surface area contributed by atoms with Crippen LogP contribution in [-0.2, 0) is 14.3 Å². The van der Waals surface area contributed by atoms with Crippen molar-refractivity contribution >= 4 is 23.6 Å². The molecule has 0 unspecified atom stereocenters. The van der Waals surface area contributed by atoms with Crippen molar-refractivity contribution in [3.8, 4) is 0 Å². The van der Waals surface area contributed by atoms with Gasteiger partial charge < -0.3 is 10.1 Å². The van der Waals surface area contributed by atoms with Gasteiger partial charge in [-0.1, -0.05) is 32.0 Å². The van der Waals surface area contributed by atoms with Crippen LogP contribution >= 0.6 is 11.8 Å². The molecular weight excluding hydrogens is 268 g/mol. The lowest BCUT2D eigenvalue weighted by Crippen LogP contribution is -2.46. The molecule has 0 aliphatic heterocycles. The molecule has 1 aromatic rings. The second kappa shape index (κ2) is 7.78. The number of nitrogens with zero attached hydrogens (tertiary/aromatic N) is 2. The van der Waals surface area contributed by atoms with Crippen molar-refractivity contribution < 1.29 is 14.3 Å². The van der Waals surface area contributed by atoms with E-state index >= 15 is 0 Å². The number of H-pyrrole nitrogens is 1. The predicted molar refractivity (Wildman–Crippen MR) is 70.5 cm³/mol. The fourth-order valence-electron chi connectivity index (χ4n) is 1.41. The van der Waals surface area contributed by atoms with E-state index < -0.39 is 12.0 Å². The van der Waals surface area contributed by atoms with Crippen molar-refractivity contribution in [3.05, 3.63) is 6.33 Å². The van der Waals surface area contributed by atoms with E-state index in [0.717, 1.165) is 6.42 Å². The first-order valence-corrected chi connectivity index (χ1v) is 6.92. The van der Waals surface area contributed by atoms with Crippen molar-refractivity contribution in [1.82, 2.24) is 20.5 Å². The summed E-state index contributed by atoms with van der Waals surface area (Å²) in [6.07, 6.45) is 2.14. The number of aromatic amines is 1. The smallest absolute Gasteiger partial charge is 0.328 e. The van der Waals surface area contributed by atoms with Gasteiger partial charge in [-0.15, -0.1) is 0 Å². The number of esters is 1. The fraction of sp³-hybridized carbons (Fsp3) is 0.636. The molecule has 1 aromatic heterocycles. The molecule has 0 saturated carbocycles. The highest BCUT2D eigenvalue weighted by Crippen LogP contribution is 2.12. The highest BCUT2D eigenvalue weighted by atomic mass is 32.2. The summed E-state index contributed by atoms with van der Waals surface area (Å²) < 4.78 is 4.70. The van der Waals surface area contributed by atoms with E-state index in [1.807, 2.05) is 13.8 Å². The van der Waals surface area contributed by atoms with E-state index in [1.54, 1.807) is 0 Å². The minimum atomic E-state index is -0.613. The number of carbonyl (C=O) groups is 2. The molecule has 1 amide bonds. The molecule has 7 nitrogen and oxygen atoms in total. The van der Waals surface area contributed by atoms with E-state index in [1.165, 1.54) is 25.2 Å². The first-order valence-electron chi connectivity index (χ1n) is 5.93. The van der Waals surface area contributed by atoms with E-state index in [-0.39, 0.29) is 17.6 Å². The van der Waals surface area contributed by atoms with Crippen LogP contribution in [0.25, 0.3) is 0 Å². The third-order valence-electron chi connectivity index (χ3n) is 2.72. The van der Waals surface area contributed by atoms with Gasteiger partial charge in [-0.05, 0) is 5.92 Å². The van der Waals surface area contributed by atoms with Gasteiger partial charge in [-0.25, -0.2) is 9.78 Å². The Hall–Kier alpha value is -1.57. The summed E-state index contributed by atoms with van der Waals surface area (Å²) in [6, 6.07) is -0.613. The van der Waals surface area contributed by atoms with E-state index in [9.17, 15) is 9.59 Å². The number of rotatable bonds is 7. The molecule has 0 spiro atoms. The summed E-state index contributed by atoms with van der Waals surface area (Å²) in [4.78, 5) is 27.3. The molecule has 0 bridgehead atoms. The van der Waals surface area contributed by atoms with Crippen molar-refractivity contribution in [2.24, 2.45) is 5.92 Å². The first kappa shape index (κ1) is 15.5. The van der Waals surface area contributed by atoms with Gasteiger partial charge in [-0.3, -0.25) is 9.89 Å². The molecule has 8 heteroatoms. The number of hydrogen-bond acceptors (Lipinski definition) is 6. The van der Waals surface area contributed by atoms with Crippen molar-refractivity contribution in [2.45, 2.75) is 31.5 Å². The number of nitrogens with one attached hydrogen (secondary N) is 2. The molecule has 1 heterocycles. The van der Waals surface area contributed by atoms with Crippen LogP contribution in [0.15, 0.2) is 11.5 Å². The maximum atomic E-state index is 11.8. The Kier molecular flexibility index (Phi) is 6.34. The minimum absolute atomic E-state index is 0.0201. The summed E-state index contributed by atoms with van der Waals surface area (Å²) in [5.41, 5.74) is 0. The second-order valence-corrected chi connectivity index (χ2v) is 5.00. The van der Waals surface area contributed by atoms with Crippen LogP contribution in [-0.4, -0.2) is 46.0 Å². The van der Waals surface area contributed by atoms with Crippen LogP contribution in [0.3, 0.4) is 0 Å². The normalized spacial score (nSPS) is 13.6. The Labute approximate surface area is 115 Å². The molecule has 106 valence electrons. The number of carbonyl (C=O) groups excluding carboxylic acids is 2. The quantitative estimate of drug-likeness (QED) is 0.563. The maximum absolute atomic E-state index is 11.8. The summed E-state index contributed by atoms with van der Waals surface area (Å²) >= 11 is 1.22. The molecule has 0 aliphatic rings.